The van der Waals surface area contributed by atoms with Crippen molar-refractivity contribution >= 4 is 46.8 Å². The van der Waals surface area contributed by atoms with Gasteiger partial charge in [0.25, 0.3) is 0 Å². The van der Waals surface area contributed by atoms with E-state index < -0.39 is 23.9 Å². The highest BCUT2D eigenvalue weighted by molar-refractivity contribution is 6.57. The van der Waals surface area contributed by atoms with Crippen molar-refractivity contribution in [3.63, 3.8) is 0 Å². The zero-order valence-electron chi connectivity index (χ0n) is 15.1. The minimum absolute atomic E-state index is 0.0545. The quantitative estimate of drug-likeness (QED) is 0.445. The van der Waals surface area contributed by atoms with Gasteiger partial charge in [0.15, 0.2) is 11.5 Å². The van der Waals surface area contributed by atoms with Crippen LogP contribution in [0.25, 0.3) is 22.9 Å². The molecule has 1 aliphatic rings. The first-order valence-corrected chi connectivity index (χ1v) is 8.50. The Balaban J connectivity index is 2.13. The lowest BCUT2D eigenvalue weighted by Gasteiger charge is -2.12. The monoisotopic (exact) mass is 384 g/mol. The topological polar surface area (TPSA) is 105 Å². The molecule has 2 aromatic carbocycles. The summed E-state index contributed by atoms with van der Waals surface area (Å²) in [5, 5.41) is 2.30. The van der Waals surface area contributed by atoms with Gasteiger partial charge in [-0.25, -0.2) is 9.59 Å². The molecule has 0 amide bonds. The Morgan fingerprint density at radius 2 is 1.11 bits per heavy atom. The molecule has 8 nitrogen and oxygen atoms in total. The predicted molar refractivity (Wildman–Crippen MR) is 97.4 cm³/mol. The molecule has 1 aliphatic carbocycles. The molecule has 0 aromatic heterocycles. The van der Waals surface area contributed by atoms with Gasteiger partial charge in [-0.2, -0.15) is 0 Å². The van der Waals surface area contributed by atoms with Gasteiger partial charge < -0.3 is 18.9 Å². The molecule has 8 heteroatoms. The molecule has 28 heavy (non-hydrogen) atoms. The number of Topliss-reactive ketones (excluding diaryl/α,β-unsaturated/α-hetero) is 2. The van der Waals surface area contributed by atoms with Crippen molar-refractivity contribution in [3.8, 4) is 11.5 Å². The van der Waals surface area contributed by atoms with Gasteiger partial charge in [0.1, 0.15) is 0 Å². The fraction of sp³-hybridized carbons (Fsp3) is 0.200. The fourth-order valence-electron chi connectivity index (χ4n) is 2.65. The highest BCUT2D eigenvalue weighted by atomic mass is 16.7. The summed E-state index contributed by atoms with van der Waals surface area (Å²) in [5.74, 6) is -1.34. The molecule has 0 saturated carbocycles. The van der Waals surface area contributed by atoms with Crippen LogP contribution in [0.5, 0.6) is 11.5 Å². The molecule has 0 bridgehead atoms. The van der Waals surface area contributed by atoms with Crippen molar-refractivity contribution in [2.45, 2.75) is 13.8 Å². The third-order valence-electron chi connectivity index (χ3n) is 3.83. The summed E-state index contributed by atoms with van der Waals surface area (Å²) in [6.07, 6.45) is 0.557. The van der Waals surface area contributed by atoms with Gasteiger partial charge in [-0.1, -0.05) is 0 Å². The first kappa shape index (κ1) is 19.1. The van der Waals surface area contributed by atoms with E-state index in [-0.39, 0.29) is 24.7 Å². The van der Waals surface area contributed by atoms with Gasteiger partial charge in [0.05, 0.1) is 13.2 Å². The van der Waals surface area contributed by atoms with Crippen LogP contribution in [0, 0.1) is 0 Å². The number of rotatable bonds is 4. The zero-order chi connectivity index (χ0) is 20.3. The summed E-state index contributed by atoms with van der Waals surface area (Å²) in [4.78, 5) is 46.7. The van der Waals surface area contributed by atoms with Crippen LogP contribution in [0.3, 0.4) is 0 Å². The molecule has 0 radical (unpaired) electrons. The molecule has 0 spiro atoms. The van der Waals surface area contributed by atoms with E-state index in [9.17, 15) is 19.2 Å². The smallest absolute Gasteiger partial charge is 0.434 e. The molecular formula is C20H16O8. The predicted octanol–water partition coefficient (Wildman–Crippen LogP) is 1.62. The molecule has 0 N–H and O–H groups in total. The minimum Gasteiger partial charge on any atom is -0.434 e. The Labute approximate surface area is 158 Å². The lowest BCUT2D eigenvalue weighted by molar-refractivity contribution is -0.129. The largest absolute Gasteiger partial charge is 0.513 e. The van der Waals surface area contributed by atoms with E-state index in [4.69, 9.17) is 18.9 Å². The van der Waals surface area contributed by atoms with E-state index in [0.717, 1.165) is 0 Å². The van der Waals surface area contributed by atoms with E-state index in [1.54, 1.807) is 26.0 Å². The van der Waals surface area contributed by atoms with Crippen LogP contribution in [0.2, 0.25) is 0 Å². The average Bonchev–Trinajstić information content (AvgIpc) is 2.62. The first-order valence-electron chi connectivity index (χ1n) is 8.50. The number of fused-ring (bicyclic) bond motifs is 2. The maximum absolute atomic E-state index is 11.7. The summed E-state index contributed by atoms with van der Waals surface area (Å²) in [5.41, 5.74) is 0. The third kappa shape index (κ3) is 4.01. The average molecular weight is 384 g/mol. The second kappa shape index (κ2) is 7.91. The number of ketones is 2. The maximum Gasteiger partial charge on any atom is 0.513 e. The first-order chi connectivity index (χ1) is 13.4. The highest BCUT2D eigenvalue weighted by Gasteiger charge is 2.18. The van der Waals surface area contributed by atoms with Crippen molar-refractivity contribution in [1.82, 2.24) is 0 Å². The molecular weight excluding hydrogens is 368 g/mol. The lowest BCUT2D eigenvalue weighted by Crippen LogP contribution is -2.33. The maximum atomic E-state index is 11.7. The summed E-state index contributed by atoms with van der Waals surface area (Å²) in [6, 6.07) is 6.26. The van der Waals surface area contributed by atoms with Gasteiger partial charge in [-0.05, 0) is 71.5 Å². The van der Waals surface area contributed by atoms with Crippen molar-refractivity contribution in [1.29, 1.82) is 0 Å². The third-order valence-corrected chi connectivity index (χ3v) is 3.83. The second-order valence-corrected chi connectivity index (χ2v) is 5.71. The molecule has 3 rings (SSSR count). The van der Waals surface area contributed by atoms with Crippen molar-refractivity contribution in [2.75, 3.05) is 13.2 Å². The van der Waals surface area contributed by atoms with Crippen LogP contribution >= 0.6 is 0 Å². The summed E-state index contributed by atoms with van der Waals surface area (Å²) in [7, 11) is 0. The number of benzene rings is 2. The van der Waals surface area contributed by atoms with Crippen molar-refractivity contribution in [2.24, 2.45) is 0 Å². The van der Waals surface area contributed by atoms with Crippen LogP contribution < -0.4 is 19.9 Å². The lowest BCUT2D eigenvalue weighted by atomic mass is 10.0. The summed E-state index contributed by atoms with van der Waals surface area (Å²) < 4.78 is 19.8. The summed E-state index contributed by atoms with van der Waals surface area (Å²) >= 11 is 0. The minimum atomic E-state index is -0.964. The van der Waals surface area contributed by atoms with Gasteiger partial charge in [-0.3, -0.25) is 9.59 Å². The van der Waals surface area contributed by atoms with Crippen LogP contribution in [0.1, 0.15) is 13.8 Å². The van der Waals surface area contributed by atoms with Gasteiger partial charge in [-0.15, -0.1) is 0 Å². The molecule has 0 unspecified atom stereocenters. The molecule has 0 atom stereocenters. The van der Waals surface area contributed by atoms with E-state index in [0.29, 0.717) is 21.2 Å². The molecule has 0 heterocycles. The van der Waals surface area contributed by atoms with E-state index >= 15 is 0 Å². The molecule has 144 valence electrons. The summed E-state index contributed by atoms with van der Waals surface area (Å²) in [6.45, 7) is 3.45. The fourth-order valence-corrected chi connectivity index (χ4v) is 2.65. The second-order valence-electron chi connectivity index (χ2n) is 5.71. The standard InChI is InChI=1S/C20H16O8/c1-3-25-19(23)27-17-9-13-5-11-7-15(21)16(22)8-12(11)6-14(13)10-18(17)28-20(24)26-4-2/h5-10H,3-4H2,1-2H3. The van der Waals surface area contributed by atoms with Crippen LogP contribution in [0.4, 0.5) is 9.59 Å². The van der Waals surface area contributed by atoms with E-state index in [1.807, 2.05) is 0 Å². The van der Waals surface area contributed by atoms with Gasteiger partial charge >= 0.3 is 12.3 Å². The normalized spacial score (nSPS) is 12.5. The molecule has 0 aliphatic heterocycles. The van der Waals surface area contributed by atoms with Crippen LogP contribution in [-0.2, 0) is 19.1 Å². The van der Waals surface area contributed by atoms with Gasteiger partial charge in [0.2, 0.25) is 11.6 Å². The number of ether oxygens (including phenoxy) is 4. The number of hydrogen-bond acceptors (Lipinski definition) is 8. The Morgan fingerprint density at radius 3 is 1.46 bits per heavy atom. The molecule has 2 aromatic rings. The van der Waals surface area contributed by atoms with Crippen molar-refractivity contribution < 1.29 is 38.1 Å². The molecule has 0 fully saturated rings. The Kier molecular flexibility index (Phi) is 5.39. The number of carbonyl (C=O) groups is 4. The van der Waals surface area contributed by atoms with Crippen molar-refractivity contribution in [3.05, 3.63) is 34.7 Å². The van der Waals surface area contributed by atoms with Crippen LogP contribution in [-0.4, -0.2) is 37.1 Å². The molecule has 0 saturated heterocycles. The Hall–Kier alpha value is -3.68. The number of carbonyl (C=O) groups excluding carboxylic acids is 4. The zero-order valence-corrected chi connectivity index (χ0v) is 15.1. The van der Waals surface area contributed by atoms with Crippen LogP contribution in [0.15, 0.2) is 24.3 Å². The SMILES string of the molecule is CCOC(=O)Oc1cc2cc3c(cc2cc1OC(=O)OCC)=CC(=O)C(=O)C=3. The highest BCUT2D eigenvalue weighted by Crippen LogP contribution is 2.32. The van der Waals surface area contributed by atoms with E-state index in [1.165, 1.54) is 24.3 Å². The van der Waals surface area contributed by atoms with E-state index in [2.05, 4.69) is 0 Å². The van der Waals surface area contributed by atoms with Gasteiger partial charge in [0, 0.05) is 0 Å². The number of hydrogen-bond donors (Lipinski definition) is 0. The Bertz CT molecular complexity index is 1020. The Morgan fingerprint density at radius 1 is 0.714 bits per heavy atom.